The Labute approximate surface area is 127 Å². The van der Waals surface area contributed by atoms with Crippen LogP contribution >= 0.6 is 0 Å². The number of hydrogen-bond donors (Lipinski definition) is 1. The molecule has 0 bridgehead atoms. The average Bonchev–Trinajstić information content (AvgIpc) is 2.81. The number of ketones is 1. The van der Waals surface area contributed by atoms with Gasteiger partial charge in [0.05, 0.1) is 11.3 Å². The Morgan fingerprint density at radius 2 is 1.35 bits per heavy atom. The van der Waals surface area contributed by atoms with Gasteiger partial charge in [-0.15, -0.1) is 0 Å². The summed E-state index contributed by atoms with van der Waals surface area (Å²) in [5, 5.41) is 7.08. The molecule has 0 unspecified atom stereocenters. The number of nitrogens with one attached hydrogen (secondary N) is 1. The summed E-state index contributed by atoms with van der Waals surface area (Å²) in [5.41, 5.74) is 1.45. The van der Waals surface area contributed by atoms with Gasteiger partial charge in [-0.2, -0.15) is 5.10 Å². The fourth-order valence-electron chi connectivity index (χ4n) is 1.37. The molecule has 1 N–H and O–H groups in total. The quantitative estimate of drug-likeness (QED) is 0.772. The third-order valence-electron chi connectivity index (χ3n) is 1.81. The highest BCUT2D eigenvalue weighted by Crippen LogP contribution is 2.17. The molecule has 1 heterocycles. The zero-order valence-electron chi connectivity index (χ0n) is 15.8. The lowest BCUT2D eigenvalue weighted by Crippen LogP contribution is -2.02. The number of Topliss-reactive ketones (excluding diaryl/α,β-unsaturated/α-hetero) is 1. The summed E-state index contributed by atoms with van der Waals surface area (Å²) < 4.78 is 1.67. The minimum Gasteiger partial charge on any atom is -0.373 e. The first-order valence-electron chi connectivity index (χ1n) is 7.80. The molecule has 0 saturated heterocycles. The average molecular weight is 287 g/mol. The molecule has 0 aliphatic carbocycles. The summed E-state index contributed by atoms with van der Waals surface area (Å²) in [4.78, 5) is 11.2. The zero-order valence-corrected chi connectivity index (χ0v) is 15.8. The number of aryl methyl sites for hydroxylation is 2. The van der Waals surface area contributed by atoms with E-state index in [4.69, 9.17) is 0 Å². The third-order valence-corrected chi connectivity index (χ3v) is 1.81. The van der Waals surface area contributed by atoms with E-state index in [1.165, 1.54) is 0 Å². The molecule has 0 spiro atoms. The Hall–Kier alpha value is -1.32. The molecule has 0 saturated carbocycles. The zero-order chi connectivity index (χ0) is 17.3. The summed E-state index contributed by atoms with van der Waals surface area (Å²) >= 11 is 0. The highest BCUT2D eigenvalue weighted by atomic mass is 16.1. The second kappa shape index (κ2) is 20.0. The van der Waals surface area contributed by atoms with Crippen LogP contribution in [0.3, 0.4) is 0 Å². The van der Waals surface area contributed by atoms with Gasteiger partial charge in [0.15, 0.2) is 5.78 Å². The smallest absolute Gasteiger partial charge is 0.165 e. The van der Waals surface area contributed by atoms with Crippen molar-refractivity contribution in [2.75, 3.05) is 12.4 Å². The summed E-state index contributed by atoms with van der Waals surface area (Å²) in [5.74, 6) is 0.824. The van der Waals surface area contributed by atoms with Crippen LogP contribution in [0.2, 0.25) is 0 Å². The summed E-state index contributed by atoms with van der Waals surface area (Å²) in [6.07, 6.45) is 0. The normalized spacial score (nSPS) is 7.20. The van der Waals surface area contributed by atoms with E-state index in [1.54, 1.807) is 18.7 Å². The molecule has 4 heteroatoms. The third kappa shape index (κ3) is 9.59. The van der Waals surface area contributed by atoms with Gasteiger partial charge in [-0.3, -0.25) is 9.48 Å². The molecule has 0 atom stereocenters. The lowest BCUT2D eigenvalue weighted by molar-refractivity contribution is 0.101. The highest BCUT2D eigenvalue weighted by Gasteiger charge is 2.14. The molecule has 0 aromatic carbocycles. The van der Waals surface area contributed by atoms with Gasteiger partial charge in [-0.1, -0.05) is 55.4 Å². The van der Waals surface area contributed by atoms with Crippen LogP contribution in [-0.4, -0.2) is 22.6 Å². The van der Waals surface area contributed by atoms with Gasteiger partial charge in [0, 0.05) is 14.1 Å². The summed E-state index contributed by atoms with van der Waals surface area (Å²) in [7, 11) is 3.59. The van der Waals surface area contributed by atoms with Crippen molar-refractivity contribution in [1.82, 2.24) is 9.78 Å². The molecule has 0 fully saturated rings. The van der Waals surface area contributed by atoms with Crippen molar-refractivity contribution in [1.29, 1.82) is 0 Å². The maximum atomic E-state index is 11.2. The molecule has 0 radical (unpaired) electrons. The maximum Gasteiger partial charge on any atom is 0.165 e. The summed E-state index contributed by atoms with van der Waals surface area (Å²) in [6, 6.07) is 0. The number of carbonyl (C=O) groups is 1. The van der Waals surface area contributed by atoms with E-state index in [0.717, 1.165) is 11.5 Å². The second-order valence-electron chi connectivity index (χ2n) is 2.74. The molecule has 1 aromatic heterocycles. The van der Waals surface area contributed by atoms with Crippen LogP contribution in [0.25, 0.3) is 0 Å². The van der Waals surface area contributed by atoms with Gasteiger partial charge in [-0.25, -0.2) is 0 Å². The number of hydrogen-bond acceptors (Lipinski definition) is 3. The van der Waals surface area contributed by atoms with Crippen molar-refractivity contribution in [3.05, 3.63) is 11.3 Å². The van der Waals surface area contributed by atoms with Crippen molar-refractivity contribution in [3.63, 3.8) is 0 Å². The van der Waals surface area contributed by atoms with Crippen molar-refractivity contribution in [2.45, 2.75) is 69.2 Å². The van der Waals surface area contributed by atoms with Crippen LogP contribution in [0.15, 0.2) is 0 Å². The molecule has 122 valence electrons. The van der Waals surface area contributed by atoms with Gasteiger partial charge in [0.2, 0.25) is 0 Å². The molecule has 1 aromatic rings. The van der Waals surface area contributed by atoms with E-state index in [0.29, 0.717) is 5.56 Å². The van der Waals surface area contributed by atoms with Crippen LogP contribution in [0, 0.1) is 6.92 Å². The maximum absolute atomic E-state index is 11.2. The van der Waals surface area contributed by atoms with Gasteiger partial charge >= 0.3 is 0 Å². The molecule has 0 amide bonds. The molecule has 1 rings (SSSR count). The fraction of sp³-hybridized carbons (Fsp3) is 0.750. The van der Waals surface area contributed by atoms with Gasteiger partial charge in [0.25, 0.3) is 0 Å². The molecule has 4 nitrogen and oxygen atoms in total. The first-order chi connectivity index (χ1) is 9.57. The van der Waals surface area contributed by atoms with Crippen molar-refractivity contribution >= 4 is 11.6 Å². The van der Waals surface area contributed by atoms with E-state index < -0.39 is 0 Å². The lowest BCUT2D eigenvalue weighted by atomic mass is 10.2. The monoisotopic (exact) mass is 287 g/mol. The Morgan fingerprint density at radius 3 is 1.55 bits per heavy atom. The second-order valence-corrected chi connectivity index (χ2v) is 2.74. The number of aromatic nitrogens is 2. The van der Waals surface area contributed by atoms with E-state index in [2.05, 4.69) is 10.4 Å². The van der Waals surface area contributed by atoms with E-state index in [9.17, 15) is 4.79 Å². The molecular weight excluding hydrogens is 250 g/mol. The van der Waals surface area contributed by atoms with E-state index >= 15 is 0 Å². The number of rotatable bonds is 2. The van der Waals surface area contributed by atoms with Crippen molar-refractivity contribution in [3.8, 4) is 0 Å². The minimum atomic E-state index is 0.0463. The predicted octanol–water partition coefficient (Wildman–Crippen LogP) is 5.08. The SMILES string of the molecule is CC.CC.CC.CC.CNc1c(C(C)=O)c(C)nn1C. The molecule has 0 aliphatic heterocycles. The Bertz CT molecular complexity index is 318. The standard InChI is InChI=1S/C8H13N3O.4C2H6/c1-5-7(6(2)12)8(9-3)11(4)10-5;4*1-2/h9H,1-4H3;4*1-2H3. The molecular formula is C16H37N3O. The Balaban J connectivity index is -0.000000138. The van der Waals surface area contributed by atoms with Gasteiger partial charge < -0.3 is 5.32 Å². The van der Waals surface area contributed by atoms with Crippen LogP contribution in [-0.2, 0) is 7.05 Å². The predicted molar refractivity (Wildman–Crippen MR) is 92.9 cm³/mol. The Morgan fingerprint density at radius 1 is 1.00 bits per heavy atom. The van der Waals surface area contributed by atoms with Crippen LogP contribution in [0.5, 0.6) is 0 Å². The highest BCUT2D eigenvalue weighted by molar-refractivity contribution is 5.99. The van der Waals surface area contributed by atoms with Crippen LogP contribution < -0.4 is 5.32 Å². The van der Waals surface area contributed by atoms with Crippen molar-refractivity contribution in [2.24, 2.45) is 7.05 Å². The van der Waals surface area contributed by atoms with Gasteiger partial charge in [0.1, 0.15) is 5.82 Å². The van der Waals surface area contributed by atoms with Crippen LogP contribution in [0.1, 0.15) is 78.4 Å². The Kier molecular flexibility index (Phi) is 27.1. The number of nitrogens with zero attached hydrogens (tertiary/aromatic N) is 2. The molecule has 20 heavy (non-hydrogen) atoms. The topological polar surface area (TPSA) is 46.9 Å². The fourth-order valence-corrected chi connectivity index (χ4v) is 1.37. The van der Waals surface area contributed by atoms with E-state index in [1.807, 2.05) is 69.4 Å². The number of carbonyl (C=O) groups excluding carboxylic acids is 1. The number of anilines is 1. The van der Waals surface area contributed by atoms with E-state index in [-0.39, 0.29) is 5.78 Å². The van der Waals surface area contributed by atoms with Crippen LogP contribution in [0.4, 0.5) is 5.82 Å². The summed E-state index contributed by atoms with van der Waals surface area (Å²) in [6.45, 7) is 19.4. The minimum absolute atomic E-state index is 0.0463. The lowest BCUT2D eigenvalue weighted by Gasteiger charge is -2.01. The van der Waals surface area contributed by atoms with Crippen molar-refractivity contribution < 1.29 is 4.79 Å². The largest absolute Gasteiger partial charge is 0.373 e. The first-order valence-corrected chi connectivity index (χ1v) is 7.80. The van der Waals surface area contributed by atoms with Gasteiger partial charge in [-0.05, 0) is 13.8 Å². The molecule has 0 aliphatic rings. The first kappa shape index (κ1) is 27.1.